The first kappa shape index (κ1) is 18.6. The maximum Gasteiger partial charge on any atom is 0.307 e. The average molecular weight is 323 g/mol. The molecule has 0 aromatic heterocycles. The van der Waals surface area contributed by atoms with Gasteiger partial charge in [0, 0.05) is 36.5 Å². The van der Waals surface area contributed by atoms with Crippen LogP contribution in [-0.2, 0) is 23.9 Å². The van der Waals surface area contributed by atoms with E-state index in [0.717, 1.165) is 11.0 Å². The molecule has 20 heavy (non-hydrogen) atoms. The Kier molecular flexibility index (Phi) is 9.64. The normalized spacial score (nSPS) is 11.4. The Morgan fingerprint density at radius 1 is 1.20 bits per heavy atom. The molecule has 0 fully saturated rings. The third-order valence-corrected chi connectivity index (χ3v) is 3.84. The van der Waals surface area contributed by atoms with Crippen molar-refractivity contribution in [1.29, 1.82) is 0 Å². The standard InChI is InChI=1S/C10H17N3O5S2/c1-6(14)13-20-19-5-4-9(16)18-7(10(12)17)2-3-8(11)15/h7H,2-5H2,1H3,(H2,11,15)(H2,12,17)(H,13,14). The number of rotatable bonds is 10. The zero-order valence-electron chi connectivity index (χ0n) is 10.9. The number of primary amides is 2. The molecule has 0 saturated carbocycles. The SMILES string of the molecule is CC(=O)NSSCCC(=O)OC(CCC(N)=O)C(N)=O. The second kappa shape index (κ2) is 10.4. The Balaban J connectivity index is 3.92. The summed E-state index contributed by atoms with van der Waals surface area (Å²) in [4.78, 5) is 43.6. The summed E-state index contributed by atoms with van der Waals surface area (Å²) >= 11 is 0. The van der Waals surface area contributed by atoms with Crippen molar-refractivity contribution in [3.8, 4) is 0 Å². The molecule has 0 heterocycles. The number of carbonyl (C=O) groups is 4. The van der Waals surface area contributed by atoms with Crippen LogP contribution in [0.3, 0.4) is 0 Å². The number of nitrogens with one attached hydrogen (secondary N) is 1. The van der Waals surface area contributed by atoms with E-state index in [0.29, 0.717) is 5.75 Å². The molecule has 3 amide bonds. The van der Waals surface area contributed by atoms with Crippen molar-refractivity contribution in [2.24, 2.45) is 11.5 Å². The number of esters is 1. The average Bonchev–Trinajstić information content (AvgIpc) is 2.32. The summed E-state index contributed by atoms with van der Waals surface area (Å²) in [7, 11) is 2.36. The van der Waals surface area contributed by atoms with E-state index in [4.69, 9.17) is 16.2 Å². The number of amides is 3. The Bertz CT molecular complexity index is 378. The lowest BCUT2D eigenvalue weighted by atomic mass is 10.2. The van der Waals surface area contributed by atoms with Crippen molar-refractivity contribution in [3.63, 3.8) is 0 Å². The van der Waals surface area contributed by atoms with Crippen molar-refractivity contribution in [2.45, 2.75) is 32.3 Å². The topological polar surface area (TPSA) is 142 Å². The summed E-state index contributed by atoms with van der Waals surface area (Å²) in [6, 6.07) is 0. The van der Waals surface area contributed by atoms with E-state index in [1.165, 1.54) is 17.7 Å². The predicted molar refractivity (Wildman–Crippen MR) is 76.0 cm³/mol. The third kappa shape index (κ3) is 10.5. The molecule has 8 nitrogen and oxygen atoms in total. The first-order valence-electron chi connectivity index (χ1n) is 5.65. The summed E-state index contributed by atoms with van der Waals surface area (Å²) < 4.78 is 7.33. The van der Waals surface area contributed by atoms with E-state index >= 15 is 0 Å². The van der Waals surface area contributed by atoms with Gasteiger partial charge in [-0.3, -0.25) is 23.9 Å². The maximum absolute atomic E-state index is 11.4. The Hall–Kier alpha value is -1.42. The lowest BCUT2D eigenvalue weighted by molar-refractivity contribution is -0.155. The number of hydrogen-bond donors (Lipinski definition) is 3. The molecule has 10 heteroatoms. The molecule has 0 aliphatic heterocycles. The molecule has 1 unspecified atom stereocenters. The quantitative estimate of drug-likeness (QED) is 0.212. The molecule has 0 rings (SSSR count). The number of carbonyl (C=O) groups excluding carboxylic acids is 4. The van der Waals surface area contributed by atoms with Crippen LogP contribution in [0.1, 0.15) is 26.2 Å². The van der Waals surface area contributed by atoms with Crippen molar-refractivity contribution >= 4 is 45.5 Å². The van der Waals surface area contributed by atoms with Crippen molar-refractivity contribution in [1.82, 2.24) is 4.72 Å². The van der Waals surface area contributed by atoms with E-state index in [1.807, 2.05) is 0 Å². The van der Waals surface area contributed by atoms with Crippen LogP contribution in [0, 0.1) is 0 Å². The Morgan fingerprint density at radius 2 is 1.85 bits per heavy atom. The van der Waals surface area contributed by atoms with Crippen LogP contribution < -0.4 is 16.2 Å². The predicted octanol–water partition coefficient (Wildman–Crippen LogP) is -0.528. The molecule has 0 aromatic carbocycles. The van der Waals surface area contributed by atoms with Gasteiger partial charge in [0.1, 0.15) is 0 Å². The summed E-state index contributed by atoms with van der Waals surface area (Å²) in [5.74, 6) is -1.82. The van der Waals surface area contributed by atoms with Crippen LogP contribution in [0.2, 0.25) is 0 Å². The highest BCUT2D eigenvalue weighted by Crippen LogP contribution is 2.18. The van der Waals surface area contributed by atoms with Gasteiger partial charge < -0.3 is 16.2 Å². The van der Waals surface area contributed by atoms with Gasteiger partial charge >= 0.3 is 5.97 Å². The molecule has 1 atom stereocenters. The number of hydrogen-bond acceptors (Lipinski definition) is 7. The fraction of sp³-hybridized carbons (Fsp3) is 0.600. The molecular weight excluding hydrogens is 306 g/mol. The number of nitrogens with two attached hydrogens (primary N) is 2. The highest BCUT2D eigenvalue weighted by atomic mass is 33.1. The van der Waals surface area contributed by atoms with Gasteiger partial charge in [-0.1, -0.05) is 10.8 Å². The van der Waals surface area contributed by atoms with Crippen molar-refractivity contribution in [2.75, 3.05) is 5.75 Å². The van der Waals surface area contributed by atoms with Gasteiger partial charge in [0.25, 0.3) is 5.91 Å². The molecule has 0 bridgehead atoms. The summed E-state index contributed by atoms with van der Waals surface area (Å²) in [5.41, 5.74) is 9.99. The highest BCUT2D eigenvalue weighted by molar-refractivity contribution is 8.76. The van der Waals surface area contributed by atoms with E-state index in [2.05, 4.69) is 4.72 Å². The van der Waals surface area contributed by atoms with E-state index in [1.54, 1.807) is 0 Å². The minimum atomic E-state index is -1.15. The molecule has 0 aromatic rings. The minimum absolute atomic E-state index is 0.0236. The Labute approximate surface area is 124 Å². The van der Waals surface area contributed by atoms with Gasteiger partial charge in [-0.15, -0.1) is 0 Å². The van der Waals surface area contributed by atoms with Gasteiger partial charge in [0.15, 0.2) is 6.10 Å². The van der Waals surface area contributed by atoms with Gasteiger partial charge in [-0.2, -0.15) is 0 Å². The third-order valence-electron chi connectivity index (χ3n) is 1.88. The molecule has 0 saturated heterocycles. The molecular formula is C10H17N3O5S2. The van der Waals surface area contributed by atoms with Crippen molar-refractivity contribution in [3.05, 3.63) is 0 Å². The second-order valence-corrected chi connectivity index (χ2v) is 5.92. The number of ether oxygens (including phenoxy) is 1. The van der Waals surface area contributed by atoms with E-state index in [-0.39, 0.29) is 25.2 Å². The zero-order chi connectivity index (χ0) is 15.5. The fourth-order valence-corrected chi connectivity index (χ4v) is 2.54. The summed E-state index contributed by atoms with van der Waals surface area (Å²) in [6.07, 6.45) is -1.21. The fourth-order valence-electron chi connectivity index (χ4n) is 1.01. The highest BCUT2D eigenvalue weighted by Gasteiger charge is 2.20. The van der Waals surface area contributed by atoms with E-state index in [9.17, 15) is 19.2 Å². The van der Waals surface area contributed by atoms with Crippen LogP contribution in [-0.4, -0.2) is 35.5 Å². The molecule has 0 aliphatic rings. The minimum Gasteiger partial charge on any atom is -0.452 e. The summed E-state index contributed by atoms with van der Waals surface area (Å²) in [6.45, 7) is 1.37. The smallest absolute Gasteiger partial charge is 0.307 e. The van der Waals surface area contributed by atoms with Crippen LogP contribution in [0.15, 0.2) is 0 Å². The second-order valence-electron chi connectivity index (χ2n) is 3.70. The zero-order valence-corrected chi connectivity index (χ0v) is 12.6. The van der Waals surface area contributed by atoms with Gasteiger partial charge in [-0.25, -0.2) is 0 Å². The van der Waals surface area contributed by atoms with Crippen LogP contribution in [0.4, 0.5) is 0 Å². The molecule has 114 valence electrons. The molecule has 0 radical (unpaired) electrons. The largest absolute Gasteiger partial charge is 0.452 e. The lowest BCUT2D eigenvalue weighted by Gasteiger charge is -2.13. The van der Waals surface area contributed by atoms with Gasteiger partial charge in [0.05, 0.1) is 6.42 Å². The first-order valence-corrected chi connectivity index (χ1v) is 7.97. The molecule has 0 aliphatic carbocycles. The van der Waals surface area contributed by atoms with E-state index < -0.39 is 23.9 Å². The Morgan fingerprint density at radius 3 is 2.35 bits per heavy atom. The summed E-state index contributed by atoms with van der Waals surface area (Å²) in [5, 5.41) is 0. The van der Waals surface area contributed by atoms with Crippen LogP contribution >= 0.6 is 21.8 Å². The monoisotopic (exact) mass is 323 g/mol. The lowest BCUT2D eigenvalue weighted by Crippen LogP contribution is -2.34. The van der Waals surface area contributed by atoms with Crippen LogP contribution in [0.5, 0.6) is 0 Å². The first-order chi connectivity index (χ1) is 9.32. The molecule has 5 N–H and O–H groups in total. The van der Waals surface area contributed by atoms with Crippen molar-refractivity contribution < 1.29 is 23.9 Å². The van der Waals surface area contributed by atoms with Crippen LogP contribution in [0.25, 0.3) is 0 Å². The van der Waals surface area contributed by atoms with Gasteiger partial charge in [-0.05, 0) is 0 Å². The van der Waals surface area contributed by atoms with Gasteiger partial charge in [0.2, 0.25) is 11.8 Å². The maximum atomic E-state index is 11.4. The molecule has 0 spiro atoms.